The van der Waals surface area contributed by atoms with E-state index in [4.69, 9.17) is 4.74 Å². The number of benzene rings is 1. The normalized spacial score (nSPS) is 10.2. The molecule has 0 fully saturated rings. The molecule has 0 saturated carbocycles. The zero-order chi connectivity index (χ0) is 14.7. The van der Waals surface area contributed by atoms with Gasteiger partial charge in [0.15, 0.2) is 0 Å². The minimum Gasteiger partial charge on any atom is -0.431 e. The van der Waals surface area contributed by atoms with Crippen molar-refractivity contribution in [3.05, 3.63) is 45.6 Å². The Morgan fingerprint density at radius 1 is 1.35 bits per heavy atom. The van der Waals surface area contributed by atoms with Crippen molar-refractivity contribution >= 4 is 11.6 Å². The van der Waals surface area contributed by atoms with E-state index in [1.54, 1.807) is 32.3 Å². The van der Waals surface area contributed by atoms with Crippen LogP contribution in [0.3, 0.4) is 0 Å². The van der Waals surface area contributed by atoms with Crippen molar-refractivity contribution in [2.75, 3.05) is 12.4 Å². The molecule has 7 nitrogen and oxygen atoms in total. The second kappa shape index (κ2) is 5.52. The van der Waals surface area contributed by atoms with Crippen molar-refractivity contribution in [1.29, 1.82) is 0 Å². The van der Waals surface area contributed by atoms with Crippen LogP contribution < -0.4 is 10.1 Å². The lowest BCUT2D eigenvalue weighted by atomic mass is 10.2. The molecule has 0 amide bonds. The largest absolute Gasteiger partial charge is 0.431 e. The fourth-order valence-corrected chi connectivity index (χ4v) is 1.61. The molecule has 104 valence electrons. The van der Waals surface area contributed by atoms with Gasteiger partial charge in [-0.25, -0.2) is 4.98 Å². The van der Waals surface area contributed by atoms with Crippen LogP contribution in [0, 0.1) is 24.0 Å². The van der Waals surface area contributed by atoms with Crippen LogP contribution in [-0.2, 0) is 0 Å². The van der Waals surface area contributed by atoms with Gasteiger partial charge in [-0.15, -0.1) is 0 Å². The topological polar surface area (TPSA) is 90.2 Å². The Hall–Kier alpha value is -2.70. The summed E-state index contributed by atoms with van der Waals surface area (Å²) in [4.78, 5) is 18.7. The van der Waals surface area contributed by atoms with Gasteiger partial charge >= 0.3 is 5.69 Å². The van der Waals surface area contributed by atoms with Crippen LogP contribution in [0.1, 0.15) is 11.1 Å². The Bertz CT molecular complexity index is 658. The van der Waals surface area contributed by atoms with Crippen LogP contribution in [0.25, 0.3) is 0 Å². The SMILES string of the molecule is CNc1ncc(C)c(Oc2cc(C)ccc2[N+](=O)[O-])n1. The molecular weight excluding hydrogens is 260 g/mol. The number of hydrogen-bond donors (Lipinski definition) is 1. The number of aromatic nitrogens is 2. The highest BCUT2D eigenvalue weighted by atomic mass is 16.6. The number of nitrogens with one attached hydrogen (secondary N) is 1. The first-order chi connectivity index (χ1) is 9.51. The van der Waals surface area contributed by atoms with Crippen molar-refractivity contribution in [2.45, 2.75) is 13.8 Å². The molecule has 0 radical (unpaired) electrons. The van der Waals surface area contributed by atoms with Gasteiger partial charge in [-0.05, 0) is 25.5 Å². The summed E-state index contributed by atoms with van der Waals surface area (Å²) in [6, 6.07) is 4.69. The standard InChI is InChI=1S/C13H14N4O3/c1-8-4-5-10(17(18)19)11(6-8)20-12-9(2)7-15-13(14-3)16-12/h4-7H,1-3H3,(H,14,15,16). The van der Waals surface area contributed by atoms with E-state index in [9.17, 15) is 10.1 Å². The molecule has 0 aliphatic carbocycles. The molecule has 0 unspecified atom stereocenters. The molecule has 1 aromatic carbocycles. The van der Waals surface area contributed by atoms with Crippen LogP contribution in [0.2, 0.25) is 0 Å². The summed E-state index contributed by atoms with van der Waals surface area (Å²) in [6.07, 6.45) is 1.59. The molecule has 0 aliphatic rings. The molecule has 1 heterocycles. The van der Waals surface area contributed by atoms with Crippen LogP contribution >= 0.6 is 0 Å². The Morgan fingerprint density at radius 2 is 2.10 bits per heavy atom. The summed E-state index contributed by atoms with van der Waals surface area (Å²) < 4.78 is 5.59. The van der Waals surface area contributed by atoms with Crippen LogP contribution in [0.4, 0.5) is 11.6 Å². The molecule has 1 N–H and O–H groups in total. The number of nitro benzene ring substituents is 1. The molecule has 0 spiro atoms. The Labute approximate surface area is 115 Å². The number of rotatable bonds is 4. The maximum absolute atomic E-state index is 11.0. The Kier molecular flexibility index (Phi) is 3.79. The van der Waals surface area contributed by atoms with Crippen molar-refractivity contribution in [3.8, 4) is 11.6 Å². The first-order valence-corrected chi connectivity index (χ1v) is 5.95. The summed E-state index contributed by atoms with van der Waals surface area (Å²) in [5.74, 6) is 0.845. The maximum atomic E-state index is 11.0. The lowest BCUT2D eigenvalue weighted by Gasteiger charge is -2.09. The lowest BCUT2D eigenvalue weighted by Crippen LogP contribution is -2.01. The van der Waals surface area contributed by atoms with E-state index in [1.165, 1.54) is 6.07 Å². The number of aryl methyl sites for hydroxylation is 2. The highest BCUT2D eigenvalue weighted by molar-refractivity contribution is 5.50. The molecule has 0 atom stereocenters. The molecule has 20 heavy (non-hydrogen) atoms. The molecule has 0 saturated heterocycles. The molecular formula is C13H14N4O3. The first-order valence-electron chi connectivity index (χ1n) is 5.95. The summed E-state index contributed by atoms with van der Waals surface area (Å²) in [7, 11) is 1.68. The van der Waals surface area contributed by atoms with Crippen LogP contribution in [-0.4, -0.2) is 21.9 Å². The first kappa shape index (κ1) is 13.7. The van der Waals surface area contributed by atoms with Gasteiger partial charge in [-0.2, -0.15) is 4.98 Å². The van der Waals surface area contributed by atoms with Crippen molar-refractivity contribution in [2.24, 2.45) is 0 Å². The number of nitrogens with zero attached hydrogens (tertiary/aromatic N) is 3. The number of hydrogen-bond acceptors (Lipinski definition) is 6. The van der Waals surface area contributed by atoms with Crippen molar-refractivity contribution in [3.63, 3.8) is 0 Å². The Morgan fingerprint density at radius 3 is 2.75 bits per heavy atom. The van der Waals surface area contributed by atoms with Gasteiger partial charge in [0.2, 0.25) is 17.6 Å². The van der Waals surface area contributed by atoms with Gasteiger partial charge in [-0.1, -0.05) is 6.07 Å². The van der Waals surface area contributed by atoms with E-state index >= 15 is 0 Å². The Balaban J connectivity index is 2.43. The smallest absolute Gasteiger partial charge is 0.311 e. The minimum absolute atomic E-state index is 0.0976. The fraction of sp³-hybridized carbons (Fsp3) is 0.231. The predicted molar refractivity (Wildman–Crippen MR) is 74.2 cm³/mol. The summed E-state index contributed by atoms with van der Waals surface area (Å²) in [5.41, 5.74) is 1.46. The molecule has 7 heteroatoms. The van der Waals surface area contributed by atoms with E-state index in [-0.39, 0.29) is 17.3 Å². The molecule has 0 aliphatic heterocycles. The van der Waals surface area contributed by atoms with E-state index in [2.05, 4.69) is 15.3 Å². The average molecular weight is 274 g/mol. The van der Waals surface area contributed by atoms with Crippen molar-refractivity contribution < 1.29 is 9.66 Å². The highest BCUT2D eigenvalue weighted by Gasteiger charge is 2.17. The third-order valence-corrected chi connectivity index (χ3v) is 2.67. The monoisotopic (exact) mass is 274 g/mol. The predicted octanol–water partition coefficient (Wildman–Crippen LogP) is 2.84. The zero-order valence-corrected chi connectivity index (χ0v) is 11.4. The molecule has 2 rings (SSSR count). The van der Waals surface area contributed by atoms with E-state index in [0.29, 0.717) is 11.5 Å². The summed E-state index contributed by atoms with van der Waals surface area (Å²) in [6.45, 7) is 3.61. The quantitative estimate of drug-likeness (QED) is 0.681. The zero-order valence-electron chi connectivity index (χ0n) is 11.4. The lowest BCUT2D eigenvalue weighted by molar-refractivity contribution is -0.385. The van der Waals surface area contributed by atoms with Gasteiger partial charge in [0.25, 0.3) is 0 Å². The van der Waals surface area contributed by atoms with Crippen molar-refractivity contribution in [1.82, 2.24) is 9.97 Å². The van der Waals surface area contributed by atoms with E-state index in [1.807, 2.05) is 6.92 Å². The number of ether oxygens (including phenoxy) is 1. The average Bonchev–Trinajstić information content (AvgIpc) is 2.41. The summed E-state index contributed by atoms with van der Waals surface area (Å²) >= 11 is 0. The molecule has 0 bridgehead atoms. The molecule has 1 aromatic heterocycles. The number of anilines is 1. The fourth-order valence-electron chi connectivity index (χ4n) is 1.61. The third-order valence-electron chi connectivity index (χ3n) is 2.67. The maximum Gasteiger partial charge on any atom is 0.311 e. The van der Waals surface area contributed by atoms with E-state index in [0.717, 1.165) is 5.56 Å². The van der Waals surface area contributed by atoms with Crippen LogP contribution in [0.5, 0.6) is 11.6 Å². The van der Waals surface area contributed by atoms with Gasteiger partial charge in [0.1, 0.15) is 0 Å². The second-order valence-corrected chi connectivity index (χ2v) is 4.26. The number of nitro groups is 1. The van der Waals surface area contributed by atoms with Gasteiger partial charge in [0, 0.05) is 24.9 Å². The second-order valence-electron chi connectivity index (χ2n) is 4.26. The van der Waals surface area contributed by atoms with Gasteiger partial charge in [-0.3, -0.25) is 10.1 Å². The third kappa shape index (κ3) is 2.82. The minimum atomic E-state index is -0.482. The van der Waals surface area contributed by atoms with E-state index < -0.39 is 4.92 Å². The summed E-state index contributed by atoms with van der Waals surface area (Å²) in [5, 5.41) is 13.8. The van der Waals surface area contributed by atoms with Crippen LogP contribution in [0.15, 0.2) is 24.4 Å². The molecule has 2 aromatic rings. The highest BCUT2D eigenvalue weighted by Crippen LogP contribution is 2.32. The van der Waals surface area contributed by atoms with Gasteiger partial charge in [0.05, 0.1) is 4.92 Å². The van der Waals surface area contributed by atoms with Gasteiger partial charge < -0.3 is 10.1 Å².